The van der Waals surface area contributed by atoms with E-state index in [0.717, 1.165) is 43.7 Å². The number of carbonyl (C=O) groups is 1. The first-order valence-corrected chi connectivity index (χ1v) is 13.6. The smallest absolute Gasteiger partial charge is 0.272 e. The van der Waals surface area contributed by atoms with Gasteiger partial charge in [-0.3, -0.25) is 14.4 Å². The molecule has 0 aromatic carbocycles. The Labute approximate surface area is 199 Å². The molecule has 1 aromatic rings. The van der Waals surface area contributed by atoms with Crippen LogP contribution in [0.25, 0.3) is 0 Å². The molecule has 0 bridgehead atoms. The number of fused-ring (bicyclic) bond motifs is 1. The van der Waals surface area contributed by atoms with Crippen LogP contribution in [0.5, 0.6) is 0 Å². The molecule has 184 valence electrons. The highest BCUT2D eigenvalue weighted by molar-refractivity contribution is 5.94. The van der Waals surface area contributed by atoms with Gasteiger partial charge in [0.2, 0.25) is 0 Å². The lowest BCUT2D eigenvalue weighted by Crippen LogP contribution is -2.70. The van der Waals surface area contributed by atoms with Crippen molar-refractivity contribution in [2.75, 3.05) is 6.54 Å². The van der Waals surface area contributed by atoms with E-state index in [1.165, 1.54) is 50.6 Å². The van der Waals surface area contributed by atoms with Gasteiger partial charge in [0.1, 0.15) is 6.23 Å². The van der Waals surface area contributed by atoms with Gasteiger partial charge in [0.15, 0.2) is 5.69 Å². The highest BCUT2D eigenvalue weighted by atomic mass is 16.3. The van der Waals surface area contributed by atoms with Crippen LogP contribution >= 0.6 is 0 Å². The molecule has 3 fully saturated rings. The van der Waals surface area contributed by atoms with E-state index in [0.29, 0.717) is 23.7 Å². The predicted molar refractivity (Wildman–Crippen MR) is 130 cm³/mol. The summed E-state index contributed by atoms with van der Waals surface area (Å²) in [6, 6.07) is 0.636. The molecule has 5 rings (SSSR count). The van der Waals surface area contributed by atoms with E-state index in [-0.39, 0.29) is 17.4 Å². The second-order valence-corrected chi connectivity index (χ2v) is 12.0. The first-order chi connectivity index (χ1) is 15.8. The highest BCUT2D eigenvalue weighted by Crippen LogP contribution is 2.70. The van der Waals surface area contributed by atoms with Crippen LogP contribution in [0.3, 0.4) is 0 Å². The molecule has 1 aromatic heterocycles. The number of hydrogen-bond acceptors (Lipinski definition) is 4. The summed E-state index contributed by atoms with van der Waals surface area (Å²) in [6.45, 7) is 10.3. The van der Waals surface area contributed by atoms with Crippen molar-refractivity contribution >= 4 is 5.91 Å². The number of aliphatic hydroxyl groups excluding tert-OH is 1. The molecule has 3 saturated carbocycles. The average molecular weight is 457 g/mol. The van der Waals surface area contributed by atoms with Crippen LogP contribution in [0.1, 0.15) is 120 Å². The molecular weight excluding hydrogens is 412 g/mol. The van der Waals surface area contributed by atoms with E-state index in [9.17, 15) is 9.90 Å². The Hall–Kier alpha value is -1.40. The summed E-state index contributed by atoms with van der Waals surface area (Å²) in [6.07, 6.45) is 12.8. The Morgan fingerprint density at radius 3 is 2.61 bits per heavy atom. The van der Waals surface area contributed by atoms with E-state index in [4.69, 9.17) is 5.10 Å². The minimum absolute atomic E-state index is 0.00691. The quantitative estimate of drug-likeness (QED) is 0.644. The number of rotatable bonds is 6. The third-order valence-corrected chi connectivity index (χ3v) is 10.2. The summed E-state index contributed by atoms with van der Waals surface area (Å²) >= 11 is 0. The lowest BCUT2D eigenvalue weighted by atomic mass is 9.36. The summed E-state index contributed by atoms with van der Waals surface area (Å²) in [5.41, 5.74) is 3.44. The molecule has 4 atom stereocenters. The van der Waals surface area contributed by atoms with Crippen LogP contribution in [0, 0.1) is 16.7 Å². The van der Waals surface area contributed by atoms with Gasteiger partial charge >= 0.3 is 0 Å². The molecule has 6 nitrogen and oxygen atoms in total. The van der Waals surface area contributed by atoms with Crippen molar-refractivity contribution in [2.24, 2.45) is 16.7 Å². The number of carbonyl (C=O) groups excluding carboxylic acids is 1. The van der Waals surface area contributed by atoms with Gasteiger partial charge in [-0.05, 0) is 55.8 Å². The van der Waals surface area contributed by atoms with Gasteiger partial charge in [-0.25, -0.2) is 0 Å². The number of hydrogen-bond donors (Lipinski definition) is 2. The molecule has 4 unspecified atom stereocenters. The van der Waals surface area contributed by atoms with E-state index >= 15 is 0 Å². The van der Waals surface area contributed by atoms with Crippen molar-refractivity contribution in [3.63, 3.8) is 0 Å². The van der Waals surface area contributed by atoms with Crippen molar-refractivity contribution in [1.82, 2.24) is 20.0 Å². The third kappa shape index (κ3) is 3.67. The molecule has 2 heterocycles. The molecular formula is C27H44N4O2. The summed E-state index contributed by atoms with van der Waals surface area (Å²) in [5, 5.41) is 18.6. The molecule has 4 aliphatic rings. The van der Waals surface area contributed by atoms with Gasteiger partial charge in [-0.1, -0.05) is 52.9 Å². The lowest BCUT2D eigenvalue weighted by molar-refractivity contribution is -0.191. The van der Waals surface area contributed by atoms with Gasteiger partial charge in [0.05, 0.1) is 6.04 Å². The number of amides is 1. The van der Waals surface area contributed by atoms with Gasteiger partial charge in [-0.15, -0.1) is 0 Å². The normalized spacial score (nSPS) is 32.6. The molecule has 1 aliphatic heterocycles. The van der Waals surface area contributed by atoms with Crippen LogP contribution in [0.2, 0.25) is 0 Å². The van der Waals surface area contributed by atoms with Crippen LogP contribution in [-0.2, 0) is 13.0 Å². The van der Waals surface area contributed by atoms with Crippen LogP contribution in [0.4, 0.5) is 0 Å². The van der Waals surface area contributed by atoms with E-state index < -0.39 is 6.23 Å². The fourth-order valence-corrected chi connectivity index (χ4v) is 7.74. The van der Waals surface area contributed by atoms with Crippen molar-refractivity contribution in [3.05, 3.63) is 17.0 Å². The fraction of sp³-hybridized carbons (Fsp3) is 0.852. The van der Waals surface area contributed by atoms with Gasteiger partial charge in [0.25, 0.3) is 5.91 Å². The van der Waals surface area contributed by atoms with Gasteiger partial charge in [-0.2, -0.15) is 5.10 Å². The highest BCUT2D eigenvalue weighted by Gasteiger charge is 2.66. The van der Waals surface area contributed by atoms with E-state index in [1.807, 2.05) is 6.92 Å². The van der Waals surface area contributed by atoms with E-state index in [2.05, 4.69) is 35.7 Å². The summed E-state index contributed by atoms with van der Waals surface area (Å²) in [5.74, 6) is 0.816. The average Bonchev–Trinajstić information content (AvgIpc) is 3.18. The van der Waals surface area contributed by atoms with E-state index in [1.54, 1.807) is 0 Å². The second-order valence-electron chi connectivity index (χ2n) is 12.0. The largest absolute Gasteiger partial charge is 0.379 e. The molecule has 6 heteroatoms. The molecule has 0 radical (unpaired) electrons. The number of nitrogens with zero attached hydrogens (tertiary/aromatic N) is 3. The maximum absolute atomic E-state index is 13.6. The summed E-state index contributed by atoms with van der Waals surface area (Å²) < 4.78 is 2.21. The van der Waals surface area contributed by atoms with Gasteiger partial charge in [0, 0.05) is 36.8 Å². The Balaban J connectivity index is 1.37. The van der Waals surface area contributed by atoms with Crippen molar-refractivity contribution in [2.45, 2.75) is 123 Å². The number of aromatic nitrogens is 2. The van der Waals surface area contributed by atoms with Crippen LogP contribution in [0.15, 0.2) is 0 Å². The molecule has 1 spiro atoms. The minimum atomic E-state index is -0.508. The number of aliphatic hydroxyl groups is 1. The Kier molecular flexibility index (Phi) is 6.14. The fourth-order valence-electron chi connectivity index (χ4n) is 7.74. The van der Waals surface area contributed by atoms with Crippen molar-refractivity contribution in [1.29, 1.82) is 0 Å². The lowest BCUT2D eigenvalue weighted by Gasteiger charge is -2.70. The standard InChI is InChI=1S/C27H44N4O2/c1-5-9-19-12-14-27(19)16-23(26(27,3)4)28-25(33)24-21-17-30(18(2)32)15-13-22(21)31(29-24)20-10-7-6-8-11-20/h18-20,23,32H,5-17H2,1-4H3,(H,28,33). The third-order valence-electron chi connectivity index (χ3n) is 10.2. The van der Waals surface area contributed by atoms with Crippen LogP contribution in [-0.4, -0.2) is 44.5 Å². The molecule has 0 saturated heterocycles. The van der Waals surface area contributed by atoms with Crippen molar-refractivity contribution in [3.8, 4) is 0 Å². The monoisotopic (exact) mass is 456 g/mol. The van der Waals surface area contributed by atoms with Crippen molar-refractivity contribution < 1.29 is 9.90 Å². The van der Waals surface area contributed by atoms with Gasteiger partial charge < -0.3 is 10.4 Å². The first kappa shape index (κ1) is 23.3. The molecule has 33 heavy (non-hydrogen) atoms. The van der Waals surface area contributed by atoms with Crippen LogP contribution < -0.4 is 5.32 Å². The molecule has 2 N–H and O–H groups in total. The summed E-state index contributed by atoms with van der Waals surface area (Å²) in [4.78, 5) is 15.7. The maximum atomic E-state index is 13.6. The Morgan fingerprint density at radius 1 is 1.24 bits per heavy atom. The SMILES string of the molecule is CCCC1CCC12CC(NC(=O)c1nn(C3CCCCC3)c3c1CN(C(C)O)CC3)C2(C)C. The number of nitrogens with one attached hydrogen (secondary N) is 1. The Bertz CT molecular complexity index is 885. The maximum Gasteiger partial charge on any atom is 0.272 e. The zero-order valence-corrected chi connectivity index (χ0v) is 21.2. The Morgan fingerprint density at radius 2 is 2.00 bits per heavy atom. The predicted octanol–water partition coefficient (Wildman–Crippen LogP) is 4.81. The summed E-state index contributed by atoms with van der Waals surface area (Å²) in [7, 11) is 0. The minimum Gasteiger partial charge on any atom is -0.379 e. The molecule has 1 amide bonds. The zero-order valence-electron chi connectivity index (χ0n) is 21.2. The molecule has 3 aliphatic carbocycles. The first-order valence-electron chi connectivity index (χ1n) is 13.6. The zero-order chi connectivity index (χ0) is 23.4. The second kappa shape index (κ2) is 8.67. The topological polar surface area (TPSA) is 70.4 Å².